The van der Waals surface area contributed by atoms with Gasteiger partial charge >= 0.3 is 0 Å². The summed E-state index contributed by atoms with van der Waals surface area (Å²) < 4.78 is 42.9. The first kappa shape index (κ1) is 19.3. The highest BCUT2D eigenvalue weighted by Crippen LogP contribution is 2.33. The first-order chi connectivity index (χ1) is 14.9. The molecule has 4 aromatic carbocycles. The minimum atomic E-state index is -1.13. The van der Waals surface area contributed by atoms with Crippen LogP contribution in [0, 0.1) is 17.5 Å². The van der Waals surface area contributed by atoms with E-state index >= 15 is 0 Å². The van der Waals surface area contributed by atoms with Crippen molar-refractivity contribution in [2.45, 2.75) is 0 Å². The largest absolute Gasteiger partial charge is 0.268 e. The quantitative estimate of drug-likeness (QED) is 0.312. The fourth-order valence-electron chi connectivity index (χ4n) is 3.66. The third kappa shape index (κ3) is 3.16. The highest BCUT2D eigenvalue weighted by Gasteiger charge is 2.22. The van der Waals surface area contributed by atoms with Crippen molar-refractivity contribution in [3.05, 3.63) is 101 Å². The summed E-state index contributed by atoms with van der Waals surface area (Å²) in [5.74, 6) is -2.96. The molecule has 1 heterocycles. The zero-order chi connectivity index (χ0) is 21.7. The Bertz CT molecular complexity index is 1510. The van der Waals surface area contributed by atoms with Gasteiger partial charge in [-0.25, -0.2) is 18.2 Å². The van der Waals surface area contributed by atoms with Crippen LogP contribution in [0.15, 0.2) is 72.8 Å². The number of carbonyl (C=O) groups is 1. The van der Waals surface area contributed by atoms with Crippen molar-refractivity contribution < 1.29 is 18.0 Å². The second kappa shape index (κ2) is 7.25. The van der Waals surface area contributed by atoms with Gasteiger partial charge in [0.25, 0.3) is 5.91 Å². The molecule has 5 rings (SSSR count). The molecule has 0 aliphatic rings. The van der Waals surface area contributed by atoms with Crippen molar-refractivity contribution in [1.82, 2.24) is 9.55 Å². The Labute approximate surface area is 179 Å². The maximum Gasteiger partial charge on any atom is 0.264 e. The Balaban J connectivity index is 1.83. The molecule has 0 saturated carbocycles. The number of nitrogens with zero attached hydrogens (tertiary/aromatic N) is 2. The lowest BCUT2D eigenvalue weighted by molar-refractivity contribution is 0.0965. The van der Waals surface area contributed by atoms with Gasteiger partial charge in [-0.2, -0.15) is 0 Å². The van der Waals surface area contributed by atoms with E-state index in [0.717, 1.165) is 12.1 Å². The molecule has 0 atom stereocenters. The molecule has 0 spiro atoms. The normalized spacial score (nSPS) is 11.4. The van der Waals surface area contributed by atoms with Gasteiger partial charge < -0.3 is 0 Å². The van der Waals surface area contributed by atoms with Gasteiger partial charge in [-0.3, -0.25) is 9.36 Å². The first-order valence-electron chi connectivity index (χ1n) is 9.29. The maximum absolute atomic E-state index is 14.4. The van der Waals surface area contributed by atoms with Crippen LogP contribution in [-0.2, 0) is 0 Å². The van der Waals surface area contributed by atoms with Gasteiger partial charge in [-0.05, 0) is 53.9 Å². The minimum absolute atomic E-state index is 0.0548. The van der Waals surface area contributed by atoms with Gasteiger partial charge in [0.1, 0.15) is 11.6 Å². The lowest BCUT2D eigenvalue weighted by Crippen LogP contribution is -2.14. The molecular weight excluding hydrogens is 425 g/mol. The third-order valence-corrected chi connectivity index (χ3v) is 5.33. The van der Waals surface area contributed by atoms with Gasteiger partial charge in [0.05, 0.1) is 11.0 Å². The molecular formula is C24H12ClF3N2O. The van der Waals surface area contributed by atoms with E-state index < -0.39 is 23.4 Å². The molecule has 7 heteroatoms. The van der Waals surface area contributed by atoms with Crippen LogP contribution < -0.4 is 0 Å². The average molecular weight is 437 g/mol. The second-order valence-electron chi connectivity index (χ2n) is 6.98. The molecule has 0 bridgehead atoms. The Hall–Kier alpha value is -3.64. The zero-order valence-electron chi connectivity index (χ0n) is 15.7. The summed E-state index contributed by atoms with van der Waals surface area (Å²) in [5, 5.41) is 1.35. The Kier molecular flexibility index (Phi) is 4.52. The number of halogens is 4. The molecule has 0 aliphatic carbocycles. The van der Waals surface area contributed by atoms with E-state index in [2.05, 4.69) is 4.98 Å². The smallest absolute Gasteiger partial charge is 0.264 e. The molecule has 5 aromatic rings. The monoisotopic (exact) mass is 436 g/mol. The van der Waals surface area contributed by atoms with Crippen LogP contribution >= 0.6 is 11.6 Å². The number of hydrogen-bond donors (Lipinski definition) is 0. The van der Waals surface area contributed by atoms with Crippen molar-refractivity contribution in [3.63, 3.8) is 0 Å². The number of fused-ring (bicyclic) bond motifs is 2. The van der Waals surface area contributed by atoms with Crippen LogP contribution in [-0.4, -0.2) is 15.5 Å². The Morgan fingerprint density at radius 1 is 0.806 bits per heavy atom. The molecule has 0 N–H and O–H groups in total. The molecule has 0 radical (unpaired) electrons. The number of benzene rings is 4. The maximum atomic E-state index is 14.4. The minimum Gasteiger partial charge on any atom is -0.268 e. The fourth-order valence-corrected chi connectivity index (χ4v) is 3.82. The fraction of sp³-hybridized carbons (Fsp3) is 0. The van der Waals surface area contributed by atoms with Crippen molar-refractivity contribution in [1.29, 1.82) is 0 Å². The van der Waals surface area contributed by atoms with Crippen LogP contribution in [0.1, 0.15) is 10.4 Å². The van der Waals surface area contributed by atoms with Gasteiger partial charge in [0, 0.05) is 21.5 Å². The number of imidazole rings is 1. The summed E-state index contributed by atoms with van der Waals surface area (Å²) in [6.45, 7) is 0. The van der Waals surface area contributed by atoms with Crippen molar-refractivity contribution in [2.75, 3.05) is 0 Å². The second-order valence-corrected chi connectivity index (χ2v) is 7.41. The Morgan fingerprint density at radius 3 is 2.32 bits per heavy atom. The van der Waals surface area contributed by atoms with Crippen LogP contribution in [0.2, 0.25) is 5.02 Å². The number of carbonyl (C=O) groups excluding carboxylic acids is 1. The summed E-state index contributed by atoms with van der Waals surface area (Å²) in [6, 6.07) is 17.4. The highest BCUT2D eigenvalue weighted by atomic mass is 35.5. The van der Waals surface area contributed by atoms with Gasteiger partial charge in [-0.15, -0.1) is 0 Å². The lowest BCUT2D eigenvalue weighted by atomic mass is 10.0. The summed E-state index contributed by atoms with van der Waals surface area (Å²) >= 11 is 6.10. The van der Waals surface area contributed by atoms with Crippen LogP contribution in [0.5, 0.6) is 0 Å². The van der Waals surface area contributed by atoms with E-state index in [9.17, 15) is 18.0 Å². The number of aromatic nitrogens is 2. The van der Waals surface area contributed by atoms with E-state index in [0.29, 0.717) is 32.4 Å². The average Bonchev–Trinajstić information content (AvgIpc) is 3.13. The van der Waals surface area contributed by atoms with Crippen LogP contribution in [0.4, 0.5) is 13.2 Å². The van der Waals surface area contributed by atoms with E-state index in [4.69, 9.17) is 11.6 Å². The highest BCUT2D eigenvalue weighted by molar-refractivity contribution is 6.31. The molecule has 0 fully saturated rings. The van der Waals surface area contributed by atoms with E-state index in [1.807, 2.05) is 0 Å². The zero-order valence-corrected chi connectivity index (χ0v) is 16.5. The Morgan fingerprint density at radius 2 is 1.55 bits per heavy atom. The summed E-state index contributed by atoms with van der Waals surface area (Å²) in [6.07, 6.45) is 0. The molecule has 0 saturated heterocycles. The van der Waals surface area contributed by atoms with Gasteiger partial charge in [0.2, 0.25) is 0 Å². The molecule has 0 amide bonds. The molecule has 152 valence electrons. The SMILES string of the molecule is O=C(c1ccc(F)c(F)c1)n1c(-c2ccc(F)c3ccccc23)nc2cc(Cl)ccc21. The number of rotatable bonds is 2. The number of hydrogen-bond acceptors (Lipinski definition) is 2. The van der Waals surface area contributed by atoms with E-state index in [1.54, 1.807) is 42.5 Å². The van der Waals surface area contributed by atoms with Gasteiger partial charge in [0.15, 0.2) is 11.6 Å². The van der Waals surface area contributed by atoms with Crippen LogP contribution in [0.3, 0.4) is 0 Å². The first-order valence-corrected chi connectivity index (χ1v) is 9.67. The van der Waals surface area contributed by atoms with Crippen molar-refractivity contribution in [3.8, 4) is 11.4 Å². The van der Waals surface area contributed by atoms with Crippen LogP contribution in [0.25, 0.3) is 33.2 Å². The summed E-state index contributed by atoms with van der Waals surface area (Å²) in [7, 11) is 0. The molecule has 0 aliphatic heterocycles. The molecule has 0 unspecified atom stereocenters. The molecule has 31 heavy (non-hydrogen) atoms. The predicted octanol–water partition coefficient (Wildman–Crippen LogP) is 6.62. The third-order valence-electron chi connectivity index (χ3n) is 5.10. The molecule has 3 nitrogen and oxygen atoms in total. The summed E-state index contributed by atoms with van der Waals surface area (Å²) in [5.41, 5.74) is 1.33. The van der Waals surface area contributed by atoms with Crippen molar-refractivity contribution in [2.24, 2.45) is 0 Å². The lowest BCUT2D eigenvalue weighted by Gasteiger charge is -2.11. The predicted molar refractivity (Wildman–Crippen MR) is 114 cm³/mol. The van der Waals surface area contributed by atoms with E-state index in [1.165, 1.54) is 22.8 Å². The standard InChI is InChI=1S/C24H12ClF3N2O/c25-14-6-10-22-21(12-14)29-23(17-7-9-18(26)16-4-2-1-3-15(16)17)30(22)24(31)13-5-8-19(27)20(28)11-13/h1-12H. The van der Waals surface area contributed by atoms with Crippen molar-refractivity contribution >= 4 is 39.3 Å². The summed E-state index contributed by atoms with van der Waals surface area (Å²) in [4.78, 5) is 18.0. The topological polar surface area (TPSA) is 34.9 Å². The molecule has 1 aromatic heterocycles. The van der Waals surface area contributed by atoms with Gasteiger partial charge in [-0.1, -0.05) is 35.9 Å². The van der Waals surface area contributed by atoms with E-state index in [-0.39, 0.29) is 11.4 Å².